The van der Waals surface area contributed by atoms with Crippen molar-refractivity contribution < 1.29 is 22.0 Å². The van der Waals surface area contributed by atoms with Crippen molar-refractivity contribution in [3.05, 3.63) is 92.8 Å². The third-order valence-electron chi connectivity index (χ3n) is 9.15. The van der Waals surface area contributed by atoms with Crippen LogP contribution in [0.2, 0.25) is 0 Å². The smallest absolute Gasteiger partial charge is 0.167 e. The van der Waals surface area contributed by atoms with Crippen molar-refractivity contribution in [1.29, 1.82) is 0 Å². The molecule has 0 aromatic heterocycles. The maximum atomic E-state index is 15.2. The number of rotatable bonds is 10. The molecule has 0 saturated heterocycles. The van der Waals surface area contributed by atoms with Gasteiger partial charge >= 0.3 is 0 Å². The molecule has 214 valence electrons. The van der Waals surface area contributed by atoms with E-state index in [2.05, 4.69) is 6.92 Å². The summed E-state index contributed by atoms with van der Waals surface area (Å²) in [7, 11) is 0. The van der Waals surface area contributed by atoms with Gasteiger partial charge in [0.25, 0.3) is 0 Å². The molecule has 5 rings (SSSR count). The summed E-state index contributed by atoms with van der Waals surface area (Å²) >= 11 is 0. The molecule has 0 N–H and O–H groups in total. The van der Waals surface area contributed by atoms with E-state index < -0.39 is 23.3 Å². The highest BCUT2D eigenvalue weighted by Gasteiger charge is 2.32. The van der Waals surface area contributed by atoms with Crippen molar-refractivity contribution in [3.63, 3.8) is 0 Å². The summed E-state index contributed by atoms with van der Waals surface area (Å²) in [5, 5.41) is 0. The molecule has 0 amide bonds. The van der Waals surface area contributed by atoms with E-state index in [0.717, 1.165) is 24.3 Å². The Hall–Kier alpha value is -2.69. The molecule has 3 aromatic rings. The largest absolute Gasteiger partial charge is 0.207 e. The first-order valence-electron chi connectivity index (χ1n) is 15.1. The first kappa shape index (κ1) is 28.8. The normalized spacial score (nSPS) is 18.2. The predicted octanol–water partition coefficient (Wildman–Crippen LogP) is 10.5. The Kier molecular flexibility index (Phi) is 8.97. The molecule has 0 bridgehead atoms. The number of hydrogen-bond acceptors (Lipinski definition) is 0. The second kappa shape index (κ2) is 12.4. The van der Waals surface area contributed by atoms with E-state index >= 15 is 13.2 Å². The summed E-state index contributed by atoms with van der Waals surface area (Å²) in [6.07, 6.45) is 11.3. The van der Waals surface area contributed by atoms with Gasteiger partial charge in [0.1, 0.15) is 5.82 Å². The van der Waals surface area contributed by atoms with E-state index in [4.69, 9.17) is 0 Å². The monoisotopic (exact) mass is 554 g/mol. The minimum atomic E-state index is -1.16. The van der Waals surface area contributed by atoms with E-state index in [0.29, 0.717) is 35.4 Å². The number of hydrogen-bond donors (Lipinski definition) is 0. The van der Waals surface area contributed by atoms with Crippen LogP contribution in [-0.2, 0) is 25.7 Å². The van der Waals surface area contributed by atoms with Crippen LogP contribution in [0.3, 0.4) is 0 Å². The highest BCUT2D eigenvalue weighted by atomic mass is 19.2. The highest BCUT2D eigenvalue weighted by molar-refractivity contribution is 5.79. The lowest BCUT2D eigenvalue weighted by Gasteiger charge is -2.29. The Morgan fingerprint density at radius 1 is 0.625 bits per heavy atom. The summed E-state index contributed by atoms with van der Waals surface area (Å²) in [5.74, 6) is -3.48. The predicted molar refractivity (Wildman–Crippen MR) is 151 cm³/mol. The molecule has 0 spiro atoms. The summed E-state index contributed by atoms with van der Waals surface area (Å²) in [6.45, 7) is 4.10. The molecule has 0 heterocycles. The molecule has 1 fully saturated rings. The summed E-state index contributed by atoms with van der Waals surface area (Å²) in [6, 6.07) is 8.50. The molecule has 0 nitrogen and oxygen atoms in total. The van der Waals surface area contributed by atoms with Crippen LogP contribution in [0.1, 0.15) is 111 Å². The zero-order valence-corrected chi connectivity index (χ0v) is 23.6. The molecule has 0 radical (unpaired) electrons. The van der Waals surface area contributed by atoms with Gasteiger partial charge in [0.15, 0.2) is 23.3 Å². The van der Waals surface area contributed by atoms with Crippen LogP contribution in [0.4, 0.5) is 22.0 Å². The molecular formula is C35H39F5. The molecular weight excluding hydrogens is 515 g/mol. The van der Waals surface area contributed by atoms with Crippen LogP contribution in [0, 0.1) is 35.0 Å². The Balaban J connectivity index is 1.27. The second-order valence-corrected chi connectivity index (χ2v) is 11.9. The Bertz CT molecular complexity index is 1370. The maximum absolute atomic E-state index is 15.2. The molecule has 3 aromatic carbocycles. The number of aryl methyl sites for hydroxylation is 3. The molecule has 5 heteroatoms. The Labute approximate surface area is 235 Å². The Morgan fingerprint density at radius 3 is 1.80 bits per heavy atom. The molecule has 2 aliphatic carbocycles. The number of halogens is 5. The summed E-state index contributed by atoms with van der Waals surface area (Å²) < 4.78 is 75.0. The first-order valence-corrected chi connectivity index (χ1v) is 15.1. The third kappa shape index (κ3) is 5.71. The fourth-order valence-corrected chi connectivity index (χ4v) is 6.89. The molecule has 0 unspecified atom stereocenters. The van der Waals surface area contributed by atoms with Crippen LogP contribution in [0.5, 0.6) is 0 Å². The van der Waals surface area contributed by atoms with Crippen molar-refractivity contribution in [3.8, 4) is 11.1 Å². The zero-order valence-electron chi connectivity index (χ0n) is 23.6. The lowest BCUT2D eigenvalue weighted by Crippen LogP contribution is -2.13. The summed E-state index contributed by atoms with van der Waals surface area (Å²) in [4.78, 5) is 0. The summed E-state index contributed by atoms with van der Waals surface area (Å²) in [5.41, 5.74) is 2.44. The fourth-order valence-electron chi connectivity index (χ4n) is 6.89. The average molecular weight is 555 g/mol. The van der Waals surface area contributed by atoms with Crippen LogP contribution < -0.4 is 0 Å². The lowest BCUT2D eigenvalue weighted by atomic mass is 9.77. The van der Waals surface area contributed by atoms with Crippen molar-refractivity contribution in [2.45, 2.75) is 103 Å². The lowest BCUT2D eigenvalue weighted by molar-refractivity contribution is 0.302. The van der Waals surface area contributed by atoms with Crippen LogP contribution in [0.25, 0.3) is 11.1 Å². The minimum absolute atomic E-state index is 0.115. The van der Waals surface area contributed by atoms with Gasteiger partial charge in [0.2, 0.25) is 0 Å². The minimum Gasteiger partial charge on any atom is -0.207 e. The van der Waals surface area contributed by atoms with Gasteiger partial charge in [-0.2, -0.15) is 0 Å². The second-order valence-electron chi connectivity index (χ2n) is 11.9. The standard InChI is InChI=1S/C35H39F5/c1-3-5-6-8-21-9-11-22(12-10-21)24-15-13-23(29(36)20-24)14-16-26-18-28-19-27-17-25(7-4-2)32(37)34(39)30(27)31(28)35(40)33(26)38/h13,15,17-18,20-22H,3-12,14,16,19H2,1-2H3. The van der Waals surface area contributed by atoms with Gasteiger partial charge < -0.3 is 0 Å². The SMILES string of the molecule is CCCCCC1CCC(c2ccc(CCc3cc4c(c(F)c3F)-c3c(cc(CCC)c(F)c3F)C4)c(F)c2)CC1. The number of fused-ring (bicyclic) bond motifs is 3. The zero-order chi connectivity index (χ0) is 28.4. The average Bonchev–Trinajstić information content (AvgIpc) is 3.32. The van der Waals surface area contributed by atoms with Crippen molar-refractivity contribution in [2.75, 3.05) is 0 Å². The first-order chi connectivity index (χ1) is 19.3. The van der Waals surface area contributed by atoms with Gasteiger partial charge in [-0.05, 0) is 103 Å². The topological polar surface area (TPSA) is 0 Å². The van der Waals surface area contributed by atoms with Gasteiger partial charge in [-0.15, -0.1) is 0 Å². The van der Waals surface area contributed by atoms with Crippen molar-refractivity contribution in [1.82, 2.24) is 0 Å². The molecule has 2 aliphatic rings. The Morgan fingerprint density at radius 2 is 1.23 bits per heavy atom. The third-order valence-corrected chi connectivity index (χ3v) is 9.15. The quantitative estimate of drug-likeness (QED) is 0.135. The number of benzene rings is 3. The molecule has 0 atom stereocenters. The van der Waals surface area contributed by atoms with Gasteiger partial charge in [-0.1, -0.05) is 70.2 Å². The van der Waals surface area contributed by atoms with Gasteiger partial charge in [0.05, 0.1) is 0 Å². The van der Waals surface area contributed by atoms with Gasteiger partial charge in [0, 0.05) is 11.1 Å². The molecule has 0 aliphatic heterocycles. The number of unbranched alkanes of at least 4 members (excludes halogenated alkanes) is 2. The molecule has 40 heavy (non-hydrogen) atoms. The van der Waals surface area contributed by atoms with Crippen molar-refractivity contribution >= 4 is 0 Å². The van der Waals surface area contributed by atoms with E-state index in [1.54, 1.807) is 18.2 Å². The van der Waals surface area contributed by atoms with E-state index in [9.17, 15) is 8.78 Å². The van der Waals surface area contributed by atoms with Crippen molar-refractivity contribution in [2.24, 2.45) is 5.92 Å². The molecule has 1 saturated carbocycles. The fraction of sp³-hybridized carbons (Fsp3) is 0.486. The van der Waals surface area contributed by atoms with E-state index in [1.807, 2.05) is 13.0 Å². The van der Waals surface area contributed by atoms with E-state index in [1.165, 1.54) is 44.6 Å². The van der Waals surface area contributed by atoms with Crippen LogP contribution in [0.15, 0.2) is 30.3 Å². The maximum Gasteiger partial charge on any atom is 0.167 e. The van der Waals surface area contributed by atoms with Crippen LogP contribution in [-0.4, -0.2) is 0 Å². The van der Waals surface area contributed by atoms with Gasteiger partial charge in [-0.3, -0.25) is 0 Å². The van der Waals surface area contributed by atoms with E-state index in [-0.39, 0.29) is 47.3 Å². The van der Waals surface area contributed by atoms with Crippen LogP contribution >= 0.6 is 0 Å². The van der Waals surface area contributed by atoms with Gasteiger partial charge in [-0.25, -0.2) is 22.0 Å². The highest BCUT2D eigenvalue weighted by Crippen LogP contribution is 2.44.